The van der Waals surface area contributed by atoms with Gasteiger partial charge in [-0.1, -0.05) is 44.5 Å². The maximum absolute atomic E-state index is 12.4. The lowest BCUT2D eigenvalue weighted by Gasteiger charge is -2.19. The molecule has 0 saturated carbocycles. The number of carbonyl (C=O) groups is 1. The summed E-state index contributed by atoms with van der Waals surface area (Å²) in [5, 5.41) is 2.90. The molecule has 0 aliphatic rings. The second kappa shape index (κ2) is 10.6. The van der Waals surface area contributed by atoms with Crippen molar-refractivity contribution in [3.05, 3.63) is 59.2 Å². The van der Waals surface area contributed by atoms with Gasteiger partial charge in [-0.25, -0.2) is 0 Å². The number of aryl methyl sites for hydroxylation is 3. The lowest BCUT2D eigenvalue weighted by Crippen LogP contribution is -2.39. The van der Waals surface area contributed by atoms with Gasteiger partial charge >= 0.3 is 0 Å². The first-order chi connectivity index (χ1) is 13.0. The summed E-state index contributed by atoms with van der Waals surface area (Å²) in [5.74, 6) is 1.48. The highest BCUT2D eigenvalue weighted by Gasteiger charge is 2.18. The Hall–Kier alpha value is -2.49. The Bertz CT molecular complexity index is 725. The van der Waals surface area contributed by atoms with Crippen molar-refractivity contribution in [2.24, 2.45) is 0 Å². The number of benzene rings is 2. The van der Waals surface area contributed by atoms with Gasteiger partial charge in [0.25, 0.3) is 5.91 Å². The van der Waals surface area contributed by atoms with E-state index in [4.69, 9.17) is 9.47 Å². The molecule has 0 aromatic heterocycles. The Morgan fingerprint density at radius 2 is 1.81 bits per heavy atom. The molecule has 0 unspecified atom stereocenters. The van der Waals surface area contributed by atoms with Crippen LogP contribution < -0.4 is 14.8 Å². The first kappa shape index (κ1) is 20.8. The van der Waals surface area contributed by atoms with Crippen molar-refractivity contribution in [2.45, 2.75) is 53.1 Å². The van der Waals surface area contributed by atoms with Gasteiger partial charge in [-0.15, -0.1) is 0 Å². The second-order valence-electron chi connectivity index (χ2n) is 6.82. The van der Waals surface area contributed by atoms with Gasteiger partial charge in [0.15, 0.2) is 6.10 Å². The highest BCUT2D eigenvalue weighted by Crippen LogP contribution is 2.21. The highest BCUT2D eigenvalue weighted by atomic mass is 16.5. The van der Waals surface area contributed by atoms with E-state index in [1.54, 1.807) is 0 Å². The van der Waals surface area contributed by atoms with Crippen molar-refractivity contribution in [3.63, 3.8) is 0 Å². The minimum absolute atomic E-state index is 0.111. The Kier molecular flexibility index (Phi) is 8.18. The molecular weight excluding hydrogens is 338 g/mol. The average molecular weight is 370 g/mol. The molecule has 2 aromatic carbocycles. The maximum atomic E-state index is 12.4. The number of nitrogens with one attached hydrogen (secondary N) is 1. The highest BCUT2D eigenvalue weighted by molar-refractivity contribution is 5.81. The number of ether oxygens (including phenoxy) is 2. The van der Waals surface area contributed by atoms with Crippen molar-refractivity contribution in [1.82, 2.24) is 5.32 Å². The monoisotopic (exact) mass is 369 g/mol. The smallest absolute Gasteiger partial charge is 0.261 e. The quantitative estimate of drug-likeness (QED) is 0.622. The van der Waals surface area contributed by atoms with Crippen molar-refractivity contribution in [3.8, 4) is 11.5 Å². The van der Waals surface area contributed by atoms with Crippen molar-refractivity contribution < 1.29 is 14.3 Å². The van der Waals surface area contributed by atoms with E-state index in [1.807, 2.05) is 51.1 Å². The van der Waals surface area contributed by atoms with Crippen LogP contribution in [0.1, 0.15) is 43.4 Å². The zero-order chi connectivity index (χ0) is 19.6. The summed E-state index contributed by atoms with van der Waals surface area (Å²) in [6, 6.07) is 14.1. The van der Waals surface area contributed by atoms with E-state index in [0.29, 0.717) is 19.6 Å². The molecule has 146 valence electrons. The van der Waals surface area contributed by atoms with Crippen LogP contribution in [0, 0.1) is 13.8 Å². The first-order valence-electron chi connectivity index (χ1n) is 9.76. The third-order valence-corrected chi connectivity index (χ3v) is 4.41. The minimum Gasteiger partial charge on any atom is -0.492 e. The molecular formula is C23H31NO3. The van der Waals surface area contributed by atoms with E-state index >= 15 is 0 Å². The molecule has 4 nitrogen and oxygen atoms in total. The van der Waals surface area contributed by atoms with Crippen LogP contribution in [0.15, 0.2) is 42.5 Å². The molecule has 0 aliphatic heterocycles. The normalized spacial score (nSPS) is 11.7. The van der Waals surface area contributed by atoms with Crippen LogP contribution in [-0.2, 0) is 11.2 Å². The number of carbonyl (C=O) groups excluding carboxylic acids is 1. The Morgan fingerprint density at radius 3 is 2.48 bits per heavy atom. The summed E-state index contributed by atoms with van der Waals surface area (Å²) in [6.45, 7) is 8.99. The topological polar surface area (TPSA) is 47.6 Å². The molecule has 1 atom stereocenters. The average Bonchev–Trinajstić information content (AvgIpc) is 2.67. The molecule has 1 amide bonds. The second-order valence-corrected chi connectivity index (χ2v) is 6.82. The SMILES string of the molecule is CCCc1ccc(OCCNC(=O)[C@@H](CC)Oc2cc(C)ccc2C)cc1. The first-order valence-corrected chi connectivity index (χ1v) is 9.76. The molecule has 0 fully saturated rings. The van der Waals surface area contributed by atoms with E-state index in [2.05, 4.69) is 24.4 Å². The molecule has 27 heavy (non-hydrogen) atoms. The van der Waals surface area contributed by atoms with E-state index in [0.717, 1.165) is 35.5 Å². The van der Waals surface area contributed by atoms with Crippen molar-refractivity contribution in [2.75, 3.05) is 13.2 Å². The number of hydrogen-bond acceptors (Lipinski definition) is 3. The van der Waals surface area contributed by atoms with Crippen LogP contribution >= 0.6 is 0 Å². The number of amides is 1. The zero-order valence-corrected chi connectivity index (χ0v) is 16.9. The third kappa shape index (κ3) is 6.63. The largest absolute Gasteiger partial charge is 0.492 e. The molecule has 0 bridgehead atoms. The maximum Gasteiger partial charge on any atom is 0.261 e. The molecule has 2 aromatic rings. The Morgan fingerprint density at radius 1 is 1.07 bits per heavy atom. The molecule has 4 heteroatoms. The fourth-order valence-corrected chi connectivity index (χ4v) is 2.81. The minimum atomic E-state index is -0.501. The van der Waals surface area contributed by atoms with Crippen LogP contribution in [0.25, 0.3) is 0 Å². The van der Waals surface area contributed by atoms with Gasteiger partial charge in [-0.2, -0.15) is 0 Å². The number of hydrogen-bond donors (Lipinski definition) is 1. The van der Waals surface area contributed by atoms with Crippen LogP contribution in [0.3, 0.4) is 0 Å². The van der Waals surface area contributed by atoms with Crippen LogP contribution in [0.4, 0.5) is 0 Å². The van der Waals surface area contributed by atoms with Gasteiger partial charge in [0, 0.05) is 0 Å². The van der Waals surface area contributed by atoms with Crippen molar-refractivity contribution >= 4 is 5.91 Å². The molecule has 2 rings (SSSR count). The van der Waals surface area contributed by atoms with Gasteiger partial charge in [-0.3, -0.25) is 4.79 Å². The predicted molar refractivity (Wildman–Crippen MR) is 110 cm³/mol. The molecule has 0 saturated heterocycles. The van der Waals surface area contributed by atoms with Crippen LogP contribution in [-0.4, -0.2) is 25.2 Å². The van der Waals surface area contributed by atoms with Gasteiger partial charge in [0.2, 0.25) is 0 Å². The molecule has 0 spiro atoms. The van der Waals surface area contributed by atoms with E-state index in [1.165, 1.54) is 5.56 Å². The fourth-order valence-electron chi connectivity index (χ4n) is 2.81. The summed E-state index contributed by atoms with van der Waals surface area (Å²) in [6.07, 6.45) is 2.32. The summed E-state index contributed by atoms with van der Waals surface area (Å²) in [4.78, 5) is 12.4. The predicted octanol–water partition coefficient (Wildman–Crippen LogP) is 4.61. The van der Waals surface area contributed by atoms with E-state index in [9.17, 15) is 4.79 Å². The van der Waals surface area contributed by atoms with Crippen LogP contribution in [0.5, 0.6) is 11.5 Å². The van der Waals surface area contributed by atoms with Gasteiger partial charge in [-0.05, 0) is 61.6 Å². The van der Waals surface area contributed by atoms with E-state index < -0.39 is 6.10 Å². The van der Waals surface area contributed by atoms with Gasteiger partial charge in [0.1, 0.15) is 18.1 Å². The third-order valence-electron chi connectivity index (χ3n) is 4.41. The molecule has 1 N–H and O–H groups in total. The Labute approximate surface area is 162 Å². The molecule has 0 heterocycles. The molecule has 0 radical (unpaired) electrons. The summed E-state index contributed by atoms with van der Waals surface area (Å²) in [7, 11) is 0. The molecule has 0 aliphatic carbocycles. The summed E-state index contributed by atoms with van der Waals surface area (Å²) in [5.41, 5.74) is 3.46. The van der Waals surface area contributed by atoms with Crippen LogP contribution in [0.2, 0.25) is 0 Å². The summed E-state index contributed by atoms with van der Waals surface area (Å²) >= 11 is 0. The fraction of sp³-hybridized carbons (Fsp3) is 0.435. The Balaban J connectivity index is 1.78. The van der Waals surface area contributed by atoms with Gasteiger partial charge in [0.05, 0.1) is 6.54 Å². The number of rotatable bonds is 10. The standard InChI is InChI=1S/C23H31NO3/c1-5-7-19-10-12-20(13-11-19)26-15-14-24-23(25)21(6-2)27-22-16-17(3)8-9-18(22)4/h8-13,16,21H,5-7,14-15H2,1-4H3,(H,24,25)/t21-/m1/s1. The zero-order valence-electron chi connectivity index (χ0n) is 16.9. The summed E-state index contributed by atoms with van der Waals surface area (Å²) < 4.78 is 11.6. The van der Waals surface area contributed by atoms with Gasteiger partial charge < -0.3 is 14.8 Å². The lowest BCUT2D eigenvalue weighted by molar-refractivity contribution is -0.128. The lowest BCUT2D eigenvalue weighted by atomic mass is 10.1. The van der Waals surface area contributed by atoms with Crippen molar-refractivity contribution in [1.29, 1.82) is 0 Å². The van der Waals surface area contributed by atoms with E-state index in [-0.39, 0.29) is 5.91 Å².